The summed E-state index contributed by atoms with van der Waals surface area (Å²) in [6.45, 7) is 7.84. The SMILES string of the molecule is CCOC(=O)c1cnn2c(C)cc(-c3noc(C(C)C)n3)nc12. The number of carbonyl (C=O) groups excluding carboxylic acids is 1. The van der Waals surface area contributed by atoms with Crippen molar-refractivity contribution in [3.63, 3.8) is 0 Å². The molecular formula is C15H17N5O3. The molecule has 0 aromatic carbocycles. The van der Waals surface area contributed by atoms with Gasteiger partial charge in [-0.15, -0.1) is 0 Å². The summed E-state index contributed by atoms with van der Waals surface area (Å²) in [6, 6.07) is 1.80. The molecule has 3 aromatic heterocycles. The van der Waals surface area contributed by atoms with E-state index >= 15 is 0 Å². The molecule has 120 valence electrons. The van der Waals surface area contributed by atoms with Gasteiger partial charge in [-0.2, -0.15) is 10.1 Å². The predicted molar refractivity (Wildman–Crippen MR) is 81.1 cm³/mol. The Bertz CT molecular complexity index is 865. The fraction of sp³-hybridized carbons (Fsp3) is 0.400. The normalized spacial score (nSPS) is 11.3. The number of rotatable bonds is 4. The van der Waals surface area contributed by atoms with Crippen LogP contribution >= 0.6 is 0 Å². The molecule has 8 nitrogen and oxygen atoms in total. The Labute approximate surface area is 132 Å². The lowest BCUT2D eigenvalue weighted by Crippen LogP contribution is -2.06. The highest BCUT2D eigenvalue weighted by Gasteiger charge is 2.19. The van der Waals surface area contributed by atoms with Gasteiger partial charge in [0.1, 0.15) is 11.3 Å². The van der Waals surface area contributed by atoms with Gasteiger partial charge in [-0.05, 0) is 19.9 Å². The van der Waals surface area contributed by atoms with E-state index in [0.29, 0.717) is 28.6 Å². The molecule has 0 bridgehead atoms. The molecule has 0 aliphatic carbocycles. The minimum atomic E-state index is -0.456. The molecule has 0 amide bonds. The van der Waals surface area contributed by atoms with E-state index in [4.69, 9.17) is 9.26 Å². The number of aromatic nitrogens is 5. The van der Waals surface area contributed by atoms with Crippen LogP contribution in [0, 0.1) is 6.92 Å². The molecule has 0 unspecified atom stereocenters. The van der Waals surface area contributed by atoms with Crippen LogP contribution in [0.25, 0.3) is 17.2 Å². The van der Waals surface area contributed by atoms with Gasteiger partial charge in [0.05, 0.1) is 12.8 Å². The van der Waals surface area contributed by atoms with Crippen LogP contribution in [0.1, 0.15) is 48.6 Å². The molecule has 3 rings (SSSR count). The van der Waals surface area contributed by atoms with E-state index in [2.05, 4.69) is 20.2 Å². The van der Waals surface area contributed by atoms with Crippen LogP contribution < -0.4 is 0 Å². The number of hydrogen-bond donors (Lipinski definition) is 0. The number of aryl methyl sites for hydroxylation is 1. The smallest absolute Gasteiger partial charge is 0.343 e. The Balaban J connectivity index is 2.11. The topological polar surface area (TPSA) is 95.4 Å². The Morgan fingerprint density at radius 2 is 2.17 bits per heavy atom. The Hall–Kier alpha value is -2.77. The van der Waals surface area contributed by atoms with Gasteiger partial charge in [0.2, 0.25) is 11.7 Å². The summed E-state index contributed by atoms with van der Waals surface area (Å²) in [5.41, 5.74) is 2.05. The fourth-order valence-corrected chi connectivity index (χ4v) is 2.15. The molecule has 0 aliphatic heterocycles. The van der Waals surface area contributed by atoms with E-state index in [1.807, 2.05) is 20.8 Å². The standard InChI is InChI=1S/C15H17N5O3/c1-5-22-15(21)10-7-16-20-9(4)6-11(17-13(10)20)12-18-14(8(2)3)23-19-12/h6-8H,5H2,1-4H3. The van der Waals surface area contributed by atoms with Crippen LogP contribution in [0.5, 0.6) is 0 Å². The zero-order valence-electron chi connectivity index (χ0n) is 13.4. The highest BCUT2D eigenvalue weighted by molar-refractivity contribution is 5.95. The maximum absolute atomic E-state index is 12.0. The van der Waals surface area contributed by atoms with Crippen molar-refractivity contribution in [3.8, 4) is 11.5 Å². The second kappa shape index (κ2) is 5.79. The third kappa shape index (κ3) is 2.67. The van der Waals surface area contributed by atoms with E-state index in [0.717, 1.165) is 5.69 Å². The van der Waals surface area contributed by atoms with Gasteiger partial charge < -0.3 is 9.26 Å². The van der Waals surface area contributed by atoms with Gasteiger partial charge in [0.25, 0.3) is 0 Å². The van der Waals surface area contributed by atoms with Crippen LogP contribution in [-0.2, 0) is 4.74 Å². The molecular weight excluding hydrogens is 298 g/mol. The van der Waals surface area contributed by atoms with Crippen molar-refractivity contribution in [1.29, 1.82) is 0 Å². The van der Waals surface area contributed by atoms with E-state index in [1.54, 1.807) is 17.5 Å². The first-order valence-electron chi connectivity index (χ1n) is 7.37. The van der Waals surface area contributed by atoms with Crippen molar-refractivity contribution in [2.24, 2.45) is 0 Å². The molecule has 0 saturated carbocycles. The van der Waals surface area contributed by atoms with Crippen LogP contribution in [0.3, 0.4) is 0 Å². The van der Waals surface area contributed by atoms with Crippen molar-refractivity contribution in [1.82, 2.24) is 24.7 Å². The molecule has 0 fully saturated rings. The van der Waals surface area contributed by atoms with Crippen LogP contribution in [0.2, 0.25) is 0 Å². The molecule has 0 N–H and O–H groups in total. The van der Waals surface area contributed by atoms with Crippen LogP contribution in [0.4, 0.5) is 0 Å². The number of ether oxygens (including phenoxy) is 1. The Morgan fingerprint density at radius 1 is 1.39 bits per heavy atom. The first kappa shape index (κ1) is 15.1. The maximum Gasteiger partial charge on any atom is 0.343 e. The van der Waals surface area contributed by atoms with Gasteiger partial charge in [0.15, 0.2) is 5.65 Å². The summed E-state index contributed by atoms with van der Waals surface area (Å²) in [5.74, 6) is 0.599. The third-order valence-electron chi connectivity index (χ3n) is 3.31. The van der Waals surface area contributed by atoms with E-state index in [-0.39, 0.29) is 12.5 Å². The Kier molecular flexibility index (Phi) is 3.81. The van der Waals surface area contributed by atoms with Crippen molar-refractivity contribution in [2.45, 2.75) is 33.6 Å². The molecule has 3 aromatic rings. The number of fused-ring (bicyclic) bond motifs is 1. The molecule has 0 atom stereocenters. The summed E-state index contributed by atoms with van der Waals surface area (Å²) in [5, 5.41) is 8.14. The zero-order valence-corrected chi connectivity index (χ0v) is 13.4. The lowest BCUT2D eigenvalue weighted by molar-refractivity contribution is 0.0528. The molecule has 0 radical (unpaired) electrons. The number of nitrogens with zero attached hydrogens (tertiary/aromatic N) is 5. The van der Waals surface area contributed by atoms with E-state index < -0.39 is 5.97 Å². The van der Waals surface area contributed by atoms with E-state index in [1.165, 1.54) is 6.20 Å². The fourth-order valence-electron chi connectivity index (χ4n) is 2.15. The first-order valence-corrected chi connectivity index (χ1v) is 7.37. The minimum Gasteiger partial charge on any atom is -0.462 e. The largest absolute Gasteiger partial charge is 0.462 e. The highest BCUT2D eigenvalue weighted by Crippen LogP contribution is 2.21. The number of esters is 1. The van der Waals surface area contributed by atoms with Crippen LogP contribution in [0.15, 0.2) is 16.8 Å². The lowest BCUT2D eigenvalue weighted by atomic mass is 10.2. The minimum absolute atomic E-state index is 0.131. The highest BCUT2D eigenvalue weighted by atomic mass is 16.5. The van der Waals surface area contributed by atoms with Gasteiger partial charge in [-0.1, -0.05) is 19.0 Å². The Morgan fingerprint density at radius 3 is 2.83 bits per heavy atom. The summed E-state index contributed by atoms with van der Waals surface area (Å²) in [6.07, 6.45) is 1.45. The molecule has 0 saturated heterocycles. The predicted octanol–water partition coefficient (Wildman–Crippen LogP) is 2.39. The van der Waals surface area contributed by atoms with Crippen LogP contribution in [-0.4, -0.2) is 37.3 Å². The zero-order chi connectivity index (χ0) is 16.6. The van der Waals surface area contributed by atoms with Crippen molar-refractivity contribution in [3.05, 3.63) is 29.4 Å². The van der Waals surface area contributed by atoms with Gasteiger partial charge in [-0.3, -0.25) is 0 Å². The van der Waals surface area contributed by atoms with Gasteiger partial charge >= 0.3 is 5.97 Å². The summed E-state index contributed by atoms with van der Waals surface area (Å²) in [7, 11) is 0. The third-order valence-corrected chi connectivity index (χ3v) is 3.31. The second-order valence-corrected chi connectivity index (χ2v) is 5.41. The van der Waals surface area contributed by atoms with Crippen molar-refractivity contribution in [2.75, 3.05) is 6.61 Å². The number of hydrogen-bond acceptors (Lipinski definition) is 7. The molecule has 3 heterocycles. The maximum atomic E-state index is 12.0. The average Bonchev–Trinajstić information content (AvgIpc) is 3.14. The molecule has 23 heavy (non-hydrogen) atoms. The van der Waals surface area contributed by atoms with Crippen molar-refractivity contribution < 1.29 is 14.1 Å². The molecule has 8 heteroatoms. The van der Waals surface area contributed by atoms with Gasteiger partial charge in [-0.25, -0.2) is 14.3 Å². The summed E-state index contributed by atoms with van der Waals surface area (Å²) >= 11 is 0. The summed E-state index contributed by atoms with van der Waals surface area (Å²) < 4.78 is 11.8. The lowest BCUT2D eigenvalue weighted by Gasteiger charge is -2.03. The quantitative estimate of drug-likeness (QED) is 0.682. The van der Waals surface area contributed by atoms with E-state index in [9.17, 15) is 4.79 Å². The second-order valence-electron chi connectivity index (χ2n) is 5.41. The average molecular weight is 315 g/mol. The molecule has 0 aliphatic rings. The molecule has 0 spiro atoms. The summed E-state index contributed by atoms with van der Waals surface area (Å²) in [4.78, 5) is 20.8. The number of carbonyl (C=O) groups is 1. The van der Waals surface area contributed by atoms with Crippen molar-refractivity contribution >= 4 is 11.6 Å². The van der Waals surface area contributed by atoms with Gasteiger partial charge in [0, 0.05) is 11.6 Å². The monoisotopic (exact) mass is 315 g/mol. The first-order chi connectivity index (χ1) is 11.0.